The molecule has 0 spiro atoms. The van der Waals surface area contributed by atoms with Gasteiger partial charge in [-0.1, -0.05) is 27.2 Å². The number of thiophene rings is 1. The van der Waals surface area contributed by atoms with Gasteiger partial charge in [0.15, 0.2) is 0 Å². The third-order valence-electron chi connectivity index (χ3n) is 4.14. The van der Waals surface area contributed by atoms with Crippen LogP contribution in [-0.2, 0) is 16.6 Å². The summed E-state index contributed by atoms with van der Waals surface area (Å²) in [7, 11) is -3.33. The number of piperidine rings is 1. The molecule has 1 aromatic heterocycles. The lowest BCUT2D eigenvalue weighted by atomic mass is 9.96. The molecule has 21 heavy (non-hydrogen) atoms. The first kappa shape index (κ1) is 16.9. The van der Waals surface area contributed by atoms with Crippen LogP contribution in [0.1, 0.15) is 44.9 Å². The molecule has 0 saturated carbocycles. The highest BCUT2D eigenvalue weighted by atomic mass is 32.2. The van der Waals surface area contributed by atoms with Gasteiger partial charge in [0, 0.05) is 30.6 Å². The van der Waals surface area contributed by atoms with Crippen molar-refractivity contribution in [1.82, 2.24) is 9.62 Å². The molecule has 0 radical (unpaired) electrons. The minimum absolute atomic E-state index is 0.350. The van der Waals surface area contributed by atoms with Crippen LogP contribution in [0.4, 0.5) is 0 Å². The monoisotopic (exact) mass is 330 g/mol. The highest BCUT2D eigenvalue weighted by molar-refractivity contribution is 7.89. The van der Waals surface area contributed by atoms with Gasteiger partial charge in [-0.05, 0) is 30.2 Å². The molecular formula is C15H26N2O2S2. The summed E-state index contributed by atoms with van der Waals surface area (Å²) in [5.41, 5.74) is 0. The van der Waals surface area contributed by atoms with Gasteiger partial charge in [-0.2, -0.15) is 4.31 Å². The lowest BCUT2D eigenvalue weighted by Crippen LogP contribution is -2.38. The Bertz CT molecular complexity index is 544. The molecule has 1 aromatic rings. The number of hydrogen-bond acceptors (Lipinski definition) is 4. The molecule has 2 rings (SSSR count). The second-order valence-corrected chi connectivity index (χ2v) is 8.91. The van der Waals surface area contributed by atoms with Crippen LogP contribution >= 0.6 is 11.3 Å². The van der Waals surface area contributed by atoms with Gasteiger partial charge in [-0.3, -0.25) is 0 Å². The topological polar surface area (TPSA) is 49.4 Å². The summed E-state index contributed by atoms with van der Waals surface area (Å²) in [4.78, 5) is 1.41. The molecule has 0 unspecified atom stereocenters. The molecule has 2 heterocycles. The number of hydrogen-bond donors (Lipinski definition) is 1. The van der Waals surface area contributed by atoms with Crippen LogP contribution in [0.2, 0.25) is 0 Å². The van der Waals surface area contributed by atoms with E-state index in [1.165, 1.54) is 11.3 Å². The summed E-state index contributed by atoms with van der Waals surface area (Å²) in [6.07, 6.45) is 3.12. The number of sulfonamides is 1. The predicted molar refractivity (Wildman–Crippen MR) is 88.1 cm³/mol. The summed E-state index contributed by atoms with van der Waals surface area (Å²) >= 11 is 1.52. The molecule has 1 aliphatic rings. The maximum absolute atomic E-state index is 12.8. The van der Waals surface area contributed by atoms with Crippen molar-refractivity contribution >= 4 is 21.4 Å². The molecule has 6 heteroatoms. The lowest BCUT2D eigenvalue weighted by Gasteiger charge is -2.30. The second kappa shape index (κ2) is 7.22. The highest BCUT2D eigenvalue weighted by Gasteiger charge is 2.30. The first-order valence-corrected chi connectivity index (χ1v) is 10.1. The maximum atomic E-state index is 12.8. The van der Waals surface area contributed by atoms with Gasteiger partial charge < -0.3 is 5.32 Å². The van der Waals surface area contributed by atoms with Crippen LogP contribution in [0, 0.1) is 5.92 Å². The summed E-state index contributed by atoms with van der Waals surface area (Å²) in [5, 5.41) is 5.18. The van der Waals surface area contributed by atoms with E-state index in [-0.39, 0.29) is 0 Å². The van der Waals surface area contributed by atoms with Crippen LogP contribution in [0.25, 0.3) is 0 Å². The Hall–Kier alpha value is -0.430. The Morgan fingerprint density at radius 1 is 1.38 bits per heavy atom. The fraction of sp³-hybridized carbons (Fsp3) is 0.733. The molecule has 0 bridgehead atoms. The van der Waals surface area contributed by atoms with Crippen molar-refractivity contribution in [2.75, 3.05) is 13.1 Å². The molecule has 0 atom stereocenters. The summed E-state index contributed by atoms with van der Waals surface area (Å²) < 4.78 is 27.3. The quantitative estimate of drug-likeness (QED) is 0.872. The van der Waals surface area contributed by atoms with Gasteiger partial charge in [0.1, 0.15) is 0 Å². The fourth-order valence-corrected chi connectivity index (χ4v) is 5.52. The van der Waals surface area contributed by atoms with Crippen LogP contribution in [0.5, 0.6) is 0 Å². The van der Waals surface area contributed by atoms with Crippen LogP contribution in [0.15, 0.2) is 16.3 Å². The molecule has 1 fully saturated rings. The Morgan fingerprint density at radius 3 is 2.62 bits per heavy atom. The molecule has 1 N–H and O–H groups in total. The summed E-state index contributed by atoms with van der Waals surface area (Å²) in [6.45, 7) is 8.26. The van der Waals surface area contributed by atoms with E-state index in [0.717, 1.165) is 24.1 Å². The molecule has 120 valence electrons. The number of nitrogens with zero attached hydrogens (tertiary/aromatic N) is 1. The normalized spacial score (nSPS) is 18.5. The lowest BCUT2D eigenvalue weighted by molar-refractivity contribution is 0.269. The van der Waals surface area contributed by atoms with E-state index in [1.807, 2.05) is 5.38 Å². The number of nitrogens with one attached hydrogen (secondary N) is 1. The molecule has 0 aliphatic carbocycles. The molecule has 1 saturated heterocycles. The van der Waals surface area contributed by atoms with Crippen molar-refractivity contribution < 1.29 is 8.42 Å². The zero-order chi connectivity index (χ0) is 15.5. The number of rotatable bonds is 6. The SMILES string of the molecule is CCC1CCN(S(=O)(=O)c2ccsc2CNC(C)C)CC1. The van der Waals surface area contributed by atoms with Gasteiger partial charge >= 0.3 is 0 Å². The Morgan fingerprint density at radius 2 is 2.05 bits per heavy atom. The van der Waals surface area contributed by atoms with Crippen molar-refractivity contribution in [2.24, 2.45) is 5.92 Å². The Labute approximate surface area is 132 Å². The first-order chi connectivity index (χ1) is 9.95. The van der Waals surface area contributed by atoms with E-state index >= 15 is 0 Å². The summed E-state index contributed by atoms with van der Waals surface area (Å²) in [5.74, 6) is 0.681. The van der Waals surface area contributed by atoms with E-state index < -0.39 is 10.0 Å². The predicted octanol–water partition coefficient (Wildman–Crippen LogP) is 3.06. The Kier molecular flexibility index (Phi) is 5.82. The van der Waals surface area contributed by atoms with Gasteiger partial charge in [0.2, 0.25) is 10.0 Å². The summed E-state index contributed by atoms with van der Waals surface area (Å²) in [6, 6.07) is 2.10. The van der Waals surface area contributed by atoms with Crippen molar-refractivity contribution in [3.05, 3.63) is 16.3 Å². The van der Waals surface area contributed by atoms with E-state index in [4.69, 9.17) is 0 Å². The van der Waals surface area contributed by atoms with E-state index in [1.54, 1.807) is 10.4 Å². The Balaban J connectivity index is 2.11. The standard InChI is InChI=1S/C15H26N2O2S2/c1-4-13-5-8-17(9-6-13)21(18,19)15-7-10-20-14(15)11-16-12(2)3/h7,10,12-13,16H,4-6,8-9,11H2,1-3H3. The minimum atomic E-state index is -3.33. The van der Waals surface area contributed by atoms with Gasteiger partial charge in [-0.25, -0.2) is 8.42 Å². The van der Waals surface area contributed by atoms with Gasteiger partial charge in [-0.15, -0.1) is 11.3 Å². The smallest absolute Gasteiger partial charge is 0.244 e. The average Bonchev–Trinajstić information content (AvgIpc) is 2.94. The average molecular weight is 331 g/mol. The van der Waals surface area contributed by atoms with Crippen LogP contribution < -0.4 is 5.32 Å². The highest BCUT2D eigenvalue weighted by Crippen LogP contribution is 2.29. The molecular weight excluding hydrogens is 304 g/mol. The third-order valence-corrected chi connectivity index (χ3v) is 7.18. The molecule has 4 nitrogen and oxygen atoms in total. The zero-order valence-electron chi connectivity index (χ0n) is 13.1. The second-order valence-electron chi connectivity index (χ2n) is 6.00. The third kappa shape index (κ3) is 4.06. The van der Waals surface area contributed by atoms with Crippen LogP contribution in [-0.4, -0.2) is 31.9 Å². The largest absolute Gasteiger partial charge is 0.310 e. The van der Waals surface area contributed by atoms with E-state index in [2.05, 4.69) is 26.1 Å². The molecule has 1 aliphatic heterocycles. The van der Waals surface area contributed by atoms with Gasteiger partial charge in [0.05, 0.1) is 4.90 Å². The van der Waals surface area contributed by atoms with E-state index in [9.17, 15) is 8.42 Å². The van der Waals surface area contributed by atoms with Crippen molar-refractivity contribution in [2.45, 2.75) is 57.5 Å². The van der Waals surface area contributed by atoms with Crippen molar-refractivity contribution in [3.8, 4) is 0 Å². The van der Waals surface area contributed by atoms with Crippen molar-refractivity contribution in [3.63, 3.8) is 0 Å². The molecule has 0 amide bonds. The maximum Gasteiger partial charge on any atom is 0.244 e. The minimum Gasteiger partial charge on any atom is -0.310 e. The van der Waals surface area contributed by atoms with Gasteiger partial charge in [0.25, 0.3) is 0 Å². The van der Waals surface area contributed by atoms with Crippen molar-refractivity contribution in [1.29, 1.82) is 0 Å². The fourth-order valence-electron chi connectivity index (χ4n) is 2.68. The zero-order valence-corrected chi connectivity index (χ0v) is 14.8. The first-order valence-electron chi connectivity index (χ1n) is 7.75. The van der Waals surface area contributed by atoms with Crippen LogP contribution in [0.3, 0.4) is 0 Å². The molecule has 0 aromatic carbocycles. The van der Waals surface area contributed by atoms with E-state index in [0.29, 0.717) is 36.5 Å².